The van der Waals surface area contributed by atoms with Crippen LogP contribution >= 0.6 is 15.9 Å². The molecule has 118 valence electrons. The molecule has 2 rings (SSSR count). The molecule has 0 saturated carbocycles. The Kier molecular flexibility index (Phi) is 6.56. The standard InChI is InChI=1S/C18H18BrN3O/c1-14-6-5-9-17(10-14)20-13-18(23)22-21-12-16(19)11-15-7-3-2-4-8-15/h2-12,20H,13H2,1H3,(H,22,23). The van der Waals surface area contributed by atoms with Gasteiger partial charge in [0.05, 0.1) is 12.8 Å². The van der Waals surface area contributed by atoms with Gasteiger partial charge >= 0.3 is 0 Å². The lowest BCUT2D eigenvalue weighted by Gasteiger charge is -2.05. The Balaban J connectivity index is 1.78. The minimum absolute atomic E-state index is 0.167. The maximum Gasteiger partial charge on any atom is 0.259 e. The normalized spacial score (nSPS) is 11.5. The summed E-state index contributed by atoms with van der Waals surface area (Å²) in [6, 6.07) is 17.7. The molecule has 2 aromatic carbocycles. The van der Waals surface area contributed by atoms with Crippen LogP contribution in [-0.2, 0) is 4.79 Å². The molecule has 2 N–H and O–H groups in total. The second kappa shape index (κ2) is 8.90. The van der Waals surface area contributed by atoms with Gasteiger partial charge in [0, 0.05) is 10.2 Å². The third-order valence-electron chi connectivity index (χ3n) is 2.95. The smallest absolute Gasteiger partial charge is 0.259 e. The number of allylic oxidation sites excluding steroid dienone is 1. The van der Waals surface area contributed by atoms with E-state index < -0.39 is 0 Å². The molecule has 2 aromatic rings. The van der Waals surface area contributed by atoms with Crippen LogP contribution in [0, 0.1) is 6.92 Å². The monoisotopic (exact) mass is 371 g/mol. The number of halogens is 1. The van der Waals surface area contributed by atoms with Crippen molar-refractivity contribution in [3.05, 3.63) is 70.2 Å². The molecule has 0 fully saturated rings. The molecule has 0 spiro atoms. The summed E-state index contributed by atoms with van der Waals surface area (Å²) in [6.07, 6.45) is 3.47. The molecule has 4 nitrogen and oxygen atoms in total. The summed E-state index contributed by atoms with van der Waals surface area (Å²) in [5, 5.41) is 6.97. The topological polar surface area (TPSA) is 53.5 Å². The quantitative estimate of drug-likeness (QED) is 0.596. The average Bonchev–Trinajstić information content (AvgIpc) is 2.54. The Morgan fingerprint density at radius 1 is 1.17 bits per heavy atom. The van der Waals surface area contributed by atoms with Crippen LogP contribution in [-0.4, -0.2) is 18.7 Å². The van der Waals surface area contributed by atoms with Crippen LogP contribution in [0.1, 0.15) is 11.1 Å². The maximum absolute atomic E-state index is 11.7. The third-order valence-corrected chi connectivity index (χ3v) is 3.39. The number of hydrogen-bond acceptors (Lipinski definition) is 3. The Hall–Kier alpha value is -2.40. The highest BCUT2D eigenvalue weighted by Crippen LogP contribution is 2.10. The fourth-order valence-corrected chi connectivity index (χ4v) is 2.26. The lowest BCUT2D eigenvalue weighted by Crippen LogP contribution is -2.25. The first-order valence-electron chi connectivity index (χ1n) is 7.18. The van der Waals surface area contributed by atoms with Gasteiger partial charge < -0.3 is 5.32 Å². The number of hydrogen-bond donors (Lipinski definition) is 2. The number of nitrogens with one attached hydrogen (secondary N) is 2. The number of nitrogens with zero attached hydrogens (tertiary/aromatic N) is 1. The number of carbonyl (C=O) groups excluding carboxylic acids is 1. The molecular weight excluding hydrogens is 354 g/mol. The van der Waals surface area contributed by atoms with Crippen molar-refractivity contribution in [1.82, 2.24) is 5.43 Å². The Morgan fingerprint density at radius 2 is 1.96 bits per heavy atom. The third kappa shape index (κ3) is 6.48. The highest BCUT2D eigenvalue weighted by Gasteiger charge is 1.99. The molecule has 5 heteroatoms. The van der Waals surface area contributed by atoms with Crippen LogP contribution in [0.2, 0.25) is 0 Å². The van der Waals surface area contributed by atoms with Crippen molar-refractivity contribution in [3.8, 4) is 0 Å². The van der Waals surface area contributed by atoms with E-state index in [-0.39, 0.29) is 12.5 Å². The summed E-state index contributed by atoms with van der Waals surface area (Å²) < 4.78 is 0.774. The summed E-state index contributed by atoms with van der Waals surface area (Å²) >= 11 is 3.39. The second-order valence-electron chi connectivity index (χ2n) is 4.96. The number of benzene rings is 2. The number of anilines is 1. The molecule has 0 bridgehead atoms. The first kappa shape index (κ1) is 17.0. The van der Waals surface area contributed by atoms with Crippen LogP contribution < -0.4 is 10.7 Å². The van der Waals surface area contributed by atoms with Crippen molar-refractivity contribution < 1.29 is 4.79 Å². The fraction of sp³-hybridized carbons (Fsp3) is 0.111. The number of aryl methyl sites for hydroxylation is 1. The molecule has 23 heavy (non-hydrogen) atoms. The van der Waals surface area contributed by atoms with Gasteiger partial charge in [0.25, 0.3) is 5.91 Å². The molecule has 0 saturated heterocycles. The molecule has 0 aliphatic carbocycles. The molecule has 1 amide bonds. The molecule has 0 atom stereocenters. The zero-order valence-electron chi connectivity index (χ0n) is 12.8. The van der Waals surface area contributed by atoms with E-state index in [2.05, 4.69) is 31.8 Å². The second-order valence-corrected chi connectivity index (χ2v) is 5.87. The van der Waals surface area contributed by atoms with Crippen LogP contribution in [0.3, 0.4) is 0 Å². The van der Waals surface area contributed by atoms with Crippen molar-refractivity contribution in [3.63, 3.8) is 0 Å². The largest absolute Gasteiger partial charge is 0.376 e. The van der Waals surface area contributed by atoms with E-state index in [0.717, 1.165) is 21.3 Å². The number of hydrazone groups is 1. The van der Waals surface area contributed by atoms with E-state index in [1.807, 2.05) is 67.6 Å². The first-order valence-corrected chi connectivity index (χ1v) is 7.97. The van der Waals surface area contributed by atoms with Crippen molar-refractivity contribution in [2.45, 2.75) is 6.92 Å². The van der Waals surface area contributed by atoms with E-state index in [4.69, 9.17) is 0 Å². The van der Waals surface area contributed by atoms with Gasteiger partial charge in [-0.15, -0.1) is 0 Å². The number of rotatable bonds is 6. The van der Waals surface area contributed by atoms with Gasteiger partial charge in [0.1, 0.15) is 0 Å². The average molecular weight is 372 g/mol. The van der Waals surface area contributed by atoms with Gasteiger partial charge in [0.15, 0.2) is 0 Å². The summed E-state index contributed by atoms with van der Waals surface area (Å²) in [4.78, 5) is 11.7. The minimum Gasteiger partial charge on any atom is -0.376 e. The summed E-state index contributed by atoms with van der Waals surface area (Å²) in [7, 11) is 0. The molecule has 0 unspecified atom stereocenters. The van der Waals surface area contributed by atoms with Crippen LogP contribution in [0.5, 0.6) is 0 Å². The Morgan fingerprint density at radius 3 is 2.70 bits per heavy atom. The Labute approximate surface area is 144 Å². The first-order chi connectivity index (χ1) is 11.1. The van der Waals surface area contributed by atoms with Crippen LogP contribution in [0.15, 0.2) is 64.2 Å². The van der Waals surface area contributed by atoms with Crippen LogP contribution in [0.4, 0.5) is 5.69 Å². The predicted octanol–water partition coefficient (Wildman–Crippen LogP) is 3.94. The minimum atomic E-state index is -0.206. The highest BCUT2D eigenvalue weighted by atomic mass is 79.9. The molecule has 0 aliphatic heterocycles. The van der Waals surface area contributed by atoms with Crippen molar-refractivity contribution in [1.29, 1.82) is 0 Å². The van der Waals surface area contributed by atoms with Gasteiger partial charge in [-0.25, -0.2) is 5.43 Å². The lowest BCUT2D eigenvalue weighted by atomic mass is 10.2. The van der Waals surface area contributed by atoms with Crippen LogP contribution in [0.25, 0.3) is 6.08 Å². The number of amides is 1. The molecule has 0 aliphatic rings. The Bertz CT molecular complexity index is 711. The molecule has 0 radical (unpaired) electrons. The SMILES string of the molecule is Cc1cccc(NCC(=O)NN=CC(Br)=Cc2ccccc2)c1. The van der Waals surface area contributed by atoms with E-state index >= 15 is 0 Å². The highest BCUT2D eigenvalue weighted by molar-refractivity contribution is 9.12. The van der Waals surface area contributed by atoms with Crippen molar-refractivity contribution in [2.24, 2.45) is 5.10 Å². The van der Waals surface area contributed by atoms with Crippen molar-refractivity contribution in [2.75, 3.05) is 11.9 Å². The summed E-state index contributed by atoms with van der Waals surface area (Å²) in [5.41, 5.74) is 5.59. The van der Waals surface area contributed by atoms with Gasteiger partial charge in [-0.3, -0.25) is 4.79 Å². The van der Waals surface area contributed by atoms with Gasteiger partial charge in [0.2, 0.25) is 0 Å². The van der Waals surface area contributed by atoms with E-state index in [9.17, 15) is 4.79 Å². The summed E-state index contributed by atoms with van der Waals surface area (Å²) in [5.74, 6) is -0.206. The zero-order valence-corrected chi connectivity index (χ0v) is 14.4. The van der Waals surface area contributed by atoms with E-state index in [0.29, 0.717) is 0 Å². The molecular formula is C18H18BrN3O. The molecule has 0 heterocycles. The lowest BCUT2D eigenvalue weighted by molar-refractivity contribution is -0.119. The molecule has 0 aromatic heterocycles. The number of carbonyl (C=O) groups is 1. The van der Waals surface area contributed by atoms with Crippen molar-refractivity contribution >= 4 is 39.8 Å². The summed E-state index contributed by atoms with van der Waals surface area (Å²) in [6.45, 7) is 2.17. The predicted molar refractivity (Wildman–Crippen MR) is 99.6 cm³/mol. The van der Waals surface area contributed by atoms with E-state index in [1.165, 1.54) is 0 Å². The zero-order chi connectivity index (χ0) is 16.5. The maximum atomic E-state index is 11.7. The van der Waals surface area contributed by atoms with Gasteiger partial charge in [-0.1, -0.05) is 42.5 Å². The van der Waals surface area contributed by atoms with E-state index in [1.54, 1.807) is 6.21 Å². The fourth-order valence-electron chi connectivity index (χ4n) is 1.89. The van der Waals surface area contributed by atoms with Gasteiger partial charge in [-0.2, -0.15) is 5.10 Å². The van der Waals surface area contributed by atoms with Gasteiger partial charge in [-0.05, 0) is 52.2 Å².